The Labute approximate surface area is 110 Å². The summed E-state index contributed by atoms with van der Waals surface area (Å²) in [4.78, 5) is 11.4. The second-order valence-electron chi connectivity index (χ2n) is 6.01. The number of rotatable bonds is 4. The second kappa shape index (κ2) is 5.24. The van der Waals surface area contributed by atoms with Gasteiger partial charge in [0.15, 0.2) is 14.4 Å². The van der Waals surface area contributed by atoms with Crippen LogP contribution >= 0.6 is 0 Å². The van der Waals surface area contributed by atoms with Gasteiger partial charge >= 0.3 is 5.97 Å². The minimum atomic E-state index is -2.09. The van der Waals surface area contributed by atoms with Gasteiger partial charge < -0.3 is 9.53 Å². The molecule has 1 aromatic carbocycles. The first-order chi connectivity index (χ1) is 8.15. The van der Waals surface area contributed by atoms with Crippen molar-refractivity contribution in [2.75, 3.05) is 0 Å². The van der Waals surface area contributed by atoms with E-state index in [2.05, 4.69) is 33.9 Å². The summed E-state index contributed by atoms with van der Waals surface area (Å²) in [6, 6.07) is 9.13. The molecular formula is C14H22O3Si. The molecule has 1 rings (SSSR count). The molecule has 4 heteroatoms. The van der Waals surface area contributed by atoms with Crippen LogP contribution in [0.3, 0.4) is 0 Å². The Morgan fingerprint density at radius 1 is 1.22 bits per heavy atom. The molecule has 1 aromatic rings. The zero-order valence-electron chi connectivity index (χ0n) is 11.7. The predicted molar refractivity (Wildman–Crippen MR) is 75.1 cm³/mol. The van der Waals surface area contributed by atoms with E-state index in [1.807, 2.05) is 18.2 Å². The number of hydrogen-bond acceptors (Lipinski definition) is 2. The van der Waals surface area contributed by atoms with Crippen LogP contribution in [0.15, 0.2) is 30.3 Å². The van der Waals surface area contributed by atoms with E-state index in [4.69, 9.17) is 4.43 Å². The quantitative estimate of drug-likeness (QED) is 0.842. The fourth-order valence-corrected chi connectivity index (χ4v) is 2.54. The van der Waals surface area contributed by atoms with Crippen LogP contribution in [0.25, 0.3) is 0 Å². The molecule has 0 bridgehead atoms. The standard InChI is InChI=1S/C14H22O3Si/c1-14(2,3)18(4,5)17-12(13(15)16)11-9-7-6-8-10-11/h6-10,12H,1-5H3,(H,15,16)/t12-/m0/s1. The summed E-state index contributed by atoms with van der Waals surface area (Å²) in [5.41, 5.74) is 0.704. The van der Waals surface area contributed by atoms with Crippen LogP contribution in [0.1, 0.15) is 32.4 Å². The average molecular weight is 266 g/mol. The average Bonchev–Trinajstić information content (AvgIpc) is 2.25. The highest BCUT2D eigenvalue weighted by atomic mass is 28.4. The molecule has 0 spiro atoms. The molecule has 0 radical (unpaired) electrons. The van der Waals surface area contributed by atoms with Crippen molar-refractivity contribution in [3.63, 3.8) is 0 Å². The Bertz CT molecular complexity index is 407. The van der Waals surface area contributed by atoms with Crippen molar-refractivity contribution in [3.8, 4) is 0 Å². The number of aliphatic carboxylic acids is 1. The van der Waals surface area contributed by atoms with Crippen molar-refractivity contribution in [2.45, 2.75) is 45.0 Å². The SMILES string of the molecule is CC(C)(C)[Si](C)(C)O[C@H](C(=O)O)c1ccccc1. The second-order valence-corrected chi connectivity index (χ2v) is 10.8. The molecule has 0 aliphatic carbocycles. The molecule has 0 unspecified atom stereocenters. The van der Waals surface area contributed by atoms with E-state index in [1.54, 1.807) is 12.1 Å². The highest BCUT2D eigenvalue weighted by Gasteiger charge is 2.41. The Kier molecular flexibility index (Phi) is 4.35. The Morgan fingerprint density at radius 3 is 2.11 bits per heavy atom. The van der Waals surface area contributed by atoms with Gasteiger partial charge in [-0.15, -0.1) is 0 Å². The first-order valence-corrected chi connectivity index (χ1v) is 9.01. The van der Waals surface area contributed by atoms with Crippen molar-refractivity contribution >= 4 is 14.3 Å². The summed E-state index contributed by atoms with van der Waals surface area (Å²) >= 11 is 0. The highest BCUT2D eigenvalue weighted by molar-refractivity contribution is 6.74. The normalized spacial score (nSPS) is 14.3. The van der Waals surface area contributed by atoms with E-state index in [9.17, 15) is 9.90 Å². The summed E-state index contributed by atoms with van der Waals surface area (Å²) in [5.74, 6) is -0.925. The van der Waals surface area contributed by atoms with Gasteiger partial charge in [0.1, 0.15) is 0 Å². The van der Waals surface area contributed by atoms with Crippen molar-refractivity contribution in [1.82, 2.24) is 0 Å². The number of hydrogen-bond donors (Lipinski definition) is 1. The summed E-state index contributed by atoms with van der Waals surface area (Å²) in [5, 5.41) is 9.35. The van der Waals surface area contributed by atoms with Crippen LogP contribution in [0.4, 0.5) is 0 Å². The van der Waals surface area contributed by atoms with Gasteiger partial charge in [-0.05, 0) is 23.7 Å². The number of carboxylic acids is 1. The topological polar surface area (TPSA) is 46.5 Å². The third-order valence-electron chi connectivity index (χ3n) is 3.55. The minimum Gasteiger partial charge on any atom is -0.479 e. The highest BCUT2D eigenvalue weighted by Crippen LogP contribution is 2.39. The van der Waals surface area contributed by atoms with Gasteiger partial charge in [0.05, 0.1) is 0 Å². The summed E-state index contributed by atoms with van der Waals surface area (Å²) in [7, 11) is -2.09. The van der Waals surface area contributed by atoms with Gasteiger partial charge in [-0.3, -0.25) is 0 Å². The van der Waals surface area contributed by atoms with Crippen LogP contribution < -0.4 is 0 Å². The molecule has 0 aliphatic rings. The molecule has 0 saturated heterocycles. The number of benzene rings is 1. The van der Waals surface area contributed by atoms with Gasteiger partial charge in [0.25, 0.3) is 0 Å². The Hall–Kier alpha value is -1.13. The lowest BCUT2D eigenvalue weighted by Crippen LogP contribution is -2.43. The fourth-order valence-electron chi connectivity index (χ4n) is 1.36. The lowest BCUT2D eigenvalue weighted by molar-refractivity contribution is -0.146. The molecule has 0 fully saturated rings. The molecule has 0 aliphatic heterocycles. The van der Waals surface area contributed by atoms with Crippen LogP contribution in [-0.2, 0) is 9.22 Å². The predicted octanol–water partition coefficient (Wildman–Crippen LogP) is 3.83. The molecule has 0 amide bonds. The maximum absolute atomic E-state index is 11.4. The zero-order valence-corrected chi connectivity index (χ0v) is 12.7. The molecule has 1 atom stereocenters. The largest absolute Gasteiger partial charge is 0.479 e. The van der Waals surface area contributed by atoms with Gasteiger partial charge in [0.2, 0.25) is 0 Å². The van der Waals surface area contributed by atoms with E-state index in [0.29, 0.717) is 5.56 Å². The lowest BCUT2D eigenvalue weighted by atomic mass is 10.1. The molecule has 18 heavy (non-hydrogen) atoms. The molecule has 3 nitrogen and oxygen atoms in total. The molecule has 1 N–H and O–H groups in total. The first kappa shape index (κ1) is 14.9. The number of carboxylic acid groups (broad SMARTS) is 1. The minimum absolute atomic E-state index is 0.00448. The zero-order chi connectivity index (χ0) is 14.0. The molecule has 0 aromatic heterocycles. The molecule has 0 saturated carbocycles. The van der Waals surface area contributed by atoms with Crippen LogP contribution in [0, 0.1) is 0 Å². The van der Waals surface area contributed by atoms with E-state index in [-0.39, 0.29) is 5.04 Å². The summed E-state index contributed by atoms with van der Waals surface area (Å²) < 4.78 is 5.99. The first-order valence-electron chi connectivity index (χ1n) is 6.11. The van der Waals surface area contributed by atoms with Crippen molar-refractivity contribution in [3.05, 3.63) is 35.9 Å². The van der Waals surface area contributed by atoms with E-state index in [0.717, 1.165) is 0 Å². The third kappa shape index (κ3) is 3.43. The van der Waals surface area contributed by atoms with Crippen LogP contribution in [0.5, 0.6) is 0 Å². The lowest BCUT2D eigenvalue weighted by Gasteiger charge is -2.38. The van der Waals surface area contributed by atoms with Crippen molar-refractivity contribution < 1.29 is 14.3 Å². The molecule has 100 valence electrons. The monoisotopic (exact) mass is 266 g/mol. The van der Waals surface area contributed by atoms with Gasteiger partial charge in [-0.2, -0.15) is 0 Å². The Morgan fingerprint density at radius 2 is 1.72 bits per heavy atom. The third-order valence-corrected chi connectivity index (χ3v) is 7.98. The Balaban J connectivity index is 3.00. The maximum atomic E-state index is 11.4. The van der Waals surface area contributed by atoms with E-state index in [1.165, 1.54) is 0 Å². The smallest absolute Gasteiger partial charge is 0.336 e. The van der Waals surface area contributed by atoms with Crippen molar-refractivity contribution in [1.29, 1.82) is 0 Å². The molecule has 0 heterocycles. The van der Waals surface area contributed by atoms with Crippen LogP contribution in [0.2, 0.25) is 18.1 Å². The van der Waals surface area contributed by atoms with Gasteiger partial charge in [-0.25, -0.2) is 4.79 Å². The maximum Gasteiger partial charge on any atom is 0.336 e. The summed E-state index contributed by atoms with van der Waals surface area (Å²) in [6.45, 7) is 10.4. The van der Waals surface area contributed by atoms with Gasteiger partial charge in [-0.1, -0.05) is 51.1 Å². The van der Waals surface area contributed by atoms with Crippen LogP contribution in [-0.4, -0.2) is 19.4 Å². The number of carbonyl (C=O) groups is 1. The van der Waals surface area contributed by atoms with E-state index >= 15 is 0 Å². The van der Waals surface area contributed by atoms with Crippen molar-refractivity contribution in [2.24, 2.45) is 0 Å². The fraction of sp³-hybridized carbons (Fsp3) is 0.500. The summed E-state index contributed by atoms with van der Waals surface area (Å²) in [6.07, 6.45) is -0.868. The van der Waals surface area contributed by atoms with Gasteiger partial charge in [0, 0.05) is 0 Å². The molecular weight excluding hydrogens is 244 g/mol. The van der Waals surface area contributed by atoms with E-state index < -0.39 is 20.4 Å².